The van der Waals surface area contributed by atoms with Gasteiger partial charge in [-0.3, -0.25) is 0 Å². The summed E-state index contributed by atoms with van der Waals surface area (Å²) in [5, 5.41) is 20.1. The molecule has 1 aliphatic carbocycles. The molecule has 50 heavy (non-hydrogen) atoms. The van der Waals surface area contributed by atoms with E-state index in [1.807, 2.05) is 0 Å². The molecular formula is C41H58F2O6Si. The molecule has 0 aromatic heterocycles. The zero-order chi connectivity index (χ0) is 37.0. The Kier molecular flexibility index (Phi) is 16.1. The van der Waals surface area contributed by atoms with Crippen LogP contribution in [0.3, 0.4) is 0 Å². The minimum absolute atomic E-state index is 0.0272. The minimum atomic E-state index is -2.41. The fourth-order valence-electron chi connectivity index (χ4n) is 7.30. The number of rotatable bonds is 19. The Bertz CT molecular complexity index is 1440. The van der Waals surface area contributed by atoms with Crippen molar-refractivity contribution in [3.63, 3.8) is 0 Å². The second-order valence-electron chi connectivity index (χ2n) is 14.9. The van der Waals surface area contributed by atoms with Crippen molar-refractivity contribution in [3.8, 4) is 11.1 Å². The molecule has 276 valence electrons. The number of ether oxygens (including phenoxy) is 2. The van der Waals surface area contributed by atoms with Crippen LogP contribution in [0.4, 0.5) is 8.78 Å². The van der Waals surface area contributed by atoms with Gasteiger partial charge in [-0.25, -0.2) is 18.4 Å². The Morgan fingerprint density at radius 1 is 0.880 bits per heavy atom. The van der Waals surface area contributed by atoms with Crippen molar-refractivity contribution in [3.05, 3.63) is 76.9 Å². The molecule has 0 atom stereocenters. The van der Waals surface area contributed by atoms with E-state index in [1.54, 1.807) is 38.1 Å². The number of halogens is 2. The molecule has 1 fully saturated rings. The van der Waals surface area contributed by atoms with Crippen LogP contribution in [-0.4, -0.2) is 43.4 Å². The second-order valence-corrected chi connectivity index (χ2v) is 19.7. The van der Waals surface area contributed by atoms with Crippen molar-refractivity contribution in [2.24, 2.45) is 11.8 Å². The first-order valence-electron chi connectivity index (χ1n) is 18.2. The summed E-state index contributed by atoms with van der Waals surface area (Å²) in [6, 6.07) is 7.61. The minimum Gasteiger partial charge on any atom is -0.457 e. The van der Waals surface area contributed by atoms with Crippen molar-refractivity contribution in [1.82, 2.24) is 0 Å². The molecule has 2 aromatic carbocycles. The first-order valence-corrected chi connectivity index (χ1v) is 21.5. The molecule has 0 aliphatic heterocycles. The normalized spacial score (nSPS) is 16.4. The Balaban J connectivity index is 2.07. The molecular weight excluding hydrogens is 655 g/mol. The highest BCUT2D eigenvalue weighted by Gasteiger charge is 2.32. The van der Waals surface area contributed by atoms with Gasteiger partial charge in [0.05, 0.1) is 8.07 Å². The summed E-state index contributed by atoms with van der Waals surface area (Å²) in [6.45, 7) is 16.5. The van der Waals surface area contributed by atoms with Crippen molar-refractivity contribution in [1.29, 1.82) is 0 Å². The van der Waals surface area contributed by atoms with Crippen LogP contribution in [0.5, 0.6) is 0 Å². The third-order valence-corrected chi connectivity index (χ3v) is 13.8. The van der Waals surface area contributed by atoms with Gasteiger partial charge in [-0.2, -0.15) is 0 Å². The maximum absolute atomic E-state index is 16.1. The first kappa shape index (κ1) is 41.3. The van der Waals surface area contributed by atoms with Gasteiger partial charge in [0.25, 0.3) is 0 Å². The standard InChI is InChI=1S/C41H58F2O6Si/c1-8-9-10-12-29-14-16-31(17-15-29)35-18-19-36(38(43)37(35)42)32-21-33(25-48-40(46)27(2)3)39(34(22-32)26-49-41(47)28(4)5)50(6,7)20-11-13-30(23-44)24-45/h18-19,21-22,29-31,44-45H,2,4,8-17,20,23-26H2,1,3,5-7H3. The average Bonchev–Trinajstić information content (AvgIpc) is 3.09. The molecule has 1 aliphatic rings. The largest absolute Gasteiger partial charge is 0.457 e. The number of carbonyl (C=O) groups is 2. The van der Waals surface area contributed by atoms with Crippen molar-refractivity contribution in [2.45, 2.75) is 123 Å². The summed E-state index contributed by atoms with van der Waals surface area (Å²) in [7, 11) is -2.41. The number of hydrogen-bond donors (Lipinski definition) is 2. The maximum atomic E-state index is 16.1. The highest BCUT2D eigenvalue weighted by Crippen LogP contribution is 2.40. The monoisotopic (exact) mass is 712 g/mol. The van der Waals surface area contributed by atoms with Crippen LogP contribution in [0.15, 0.2) is 48.6 Å². The highest BCUT2D eigenvalue weighted by molar-refractivity contribution is 6.90. The third-order valence-electron chi connectivity index (χ3n) is 10.2. The molecule has 9 heteroatoms. The molecule has 0 bridgehead atoms. The van der Waals surface area contributed by atoms with Gasteiger partial charge in [-0.1, -0.05) is 83.5 Å². The quantitative estimate of drug-likeness (QED) is 0.0654. The lowest BCUT2D eigenvalue weighted by Crippen LogP contribution is -2.46. The SMILES string of the molecule is C=C(C)C(=O)OCc1cc(-c2ccc(C3CCC(CCCCC)CC3)c(F)c2F)cc(COC(=O)C(=C)C)c1[Si](C)(C)CCCC(CO)CO. The zero-order valence-electron chi connectivity index (χ0n) is 30.8. The van der Waals surface area contributed by atoms with Gasteiger partial charge in [0.15, 0.2) is 11.6 Å². The fraction of sp³-hybridized carbons (Fsp3) is 0.561. The molecule has 0 radical (unpaired) electrons. The number of benzene rings is 2. The van der Waals surface area contributed by atoms with E-state index in [0.29, 0.717) is 34.6 Å². The molecule has 2 aromatic rings. The van der Waals surface area contributed by atoms with E-state index in [4.69, 9.17) is 9.47 Å². The predicted molar refractivity (Wildman–Crippen MR) is 199 cm³/mol. The van der Waals surface area contributed by atoms with Crippen LogP contribution >= 0.6 is 0 Å². The van der Waals surface area contributed by atoms with Gasteiger partial charge in [0.1, 0.15) is 13.2 Å². The molecule has 0 amide bonds. The summed E-state index contributed by atoms with van der Waals surface area (Å²) in [5.74, 6) is -2.51. The van der Waals surface area contributed by atoms with Gasteiger partial charge in [0.2, 0.25) is 0 Å². The van der Waals surface area contributed by atoms with Crippen molar-refractivity contribution in [2.75, 3.05) is 13.2 Å². The Morgan fingerprint density at radius 2 is 1.44 bits per heavy atom. The fourth-order valence-corrected chi connectivity index (χ4v) is 10.7. The van der Waals surface area contributed by atoms with Crippen LogP contribution < -0.4 is 5.19 Å². The number of esters is 2. The van der Waals surface area contributed by atoms with E-state index in [2.05, 4.69) is 33.2 Å². The van der Waals surface area contributed by atoms with Gasteiger partial charge in [0, 0.05) is 35.8 Å². The van der Waals surface area contributed by atoms with E-state index < -0.39 is 31.6 Å². The summed E-state index contributed by atoms with van der Waals surface area (Å²) in [4.78, 5) is 25.1. The molecule has 0 unspecified atom stereocenters. The Morgan fingerprint density at radius 3 is 1.94 bits per heavy atom. The smallest absolute Gasteiger partial charge is 0.333 e. The van der Waals surface area contributed by atoms with E-state index in [0.717, 1.165) is 43.3 Å². The topological polar surface area (TPSA) is 93.1 Å². The number of aliphatic hydroxyl groups excluding tert-OH is 2. The molecule has 0 heterocycles. The van der Waals surface area contributed by atoms with Crippen LogP contribution in [0, 0.1) is 23.5 Å². The van der Waals surface area contributed by atoms with E-state index in [9.17, 15) is 19.8 Å². The van der Waals surface area contributed by atoms with E-state index >= 15 is 8.78 Å². The third kappa shape index (κ3) is 11.2. The predicted octanol–water partition coefficient (Wildman–Crippen LogP) is 9.02. The van der Waals surface area contributed by atoms with E-state index in [1.165, 1.54) is 25.7 Å². The second kappa shape index (κ2) is 19.5. The molecule has 1 saturated carbocycles. The van der Waals surface area contributed by atoms with Crippen LogP contribution in [0.25, 0.3) is 11.1 Å². The van der Waals surface area contributed by atoms with Gasteiger partial charge >= 0.3 is 11.9 Å². The Labute approximate surface area is 299 Å². The van der Waals surface area contributed by atoms with Crippen LogP contribution in [-0.2, 0) is 32.3 Å². The number of carbonyl (C=O) groups excluding carboxylic acids is 2. The van der Waals surface area contributed by atoms with Crippen molar-refractivity contribution < 1.29 is 38.1 Å². The summed E-state index contributed by atoms with van der Waals surface area (Å²) in [5.41, 5.74) is 2.60. The van der Waals surface area contributed by atoms with Crippen LogP contribution in [0.1, 0.15) is 108 Å². The Hall–Kier alpha value is -3.14. The summed E-state index contributed by atoms with van der Waals surface area (Å²) >= 11 is 0. The number of aliphatic hydroxyl groups is 2. The lowest BCUT2D eigenvalue weighted by atomic mass is 9.76. The molecule has 3 rings (SSSR count). The molecule has 2 N–H and O–H groups in total. The van der Waals surface area contributed by atoms with Crippen LogP contribution in [0.2, 0.25) is 19.1 Å². The lowest BCUT2D eigenvalue weighted by Gasteiger charge is -2.30. The number of hydrogen-bond acceptors (Lipinski definition) is 6. The van der Waals surface area contributed by atoms with Gasteiger partial charge in [-0.15, -0.1) is 0 Å². The zero-order valence-corrected chi connectivity index (χ0v) is 31.8. The van der Waals surface area contributed by atoms with Gasteiger partial charge < -0.3 is 19.7 Å². The average molecular weight is 713 g/mol. The highest BCUT2D eigenvalue weighted by atomic mass is 28.3. The van der Waals surface area contributed by atoms with E-state index in [-0.39, 0.29) is 55.0 Å². The summed E-state index contributed by atoms with van der Waals surface area (Å²) < 4.78 is 43.3. The summed E-state index contributed by atoms with van der Waals surface area (Å²) in [6.07, 6.45) is 9.92. The maximum Gasteiger partial charge on any atom is 0.333 e. The van der Waals surface area contributed by atoms with Gasteiger partial charge in [-0.05, 0) is 97.4 Å². The molecule has 0 spiro atoms. The van der Waals surface area contributed by atoms with Crippen molar-refractivity contribution >= 4 is 25.2 Å². The number of unbranched alkanes of at least 4 members (excludes halogenated alkanes) is 2. The molecule has 0 saturated heterocycles. The first-order chi connectivity index (χ1) is 23.7. The lowest BCUT2D eigenvalue weighted by molar-refractivity contribution is -0.140. The molecule has 6 nitrogen and oxygen atoms in total.